The predicted octanol–water partition coefficient (Wildman–Crippen LogP) is 2.85. The Morgan fingerprint density at radius 1 is 1.16 bits per heavy atom. The Kier molecular flexibility index (Phi) is 3.50. The van der Waals surface area contributed by atoms with Crippen LogP contribution < -0.4 is 0 Å². The van der Waals surface area contributed by atoms with Gasteiger partial charge in [0.05, 0.1) is 5.56 Å². The quantitative estimate of drug-likeness (QED) is 0.899. The monoisotopic (exact) mass is 334 g/mol. The van der Waals surface area contributed by atoms with Crippen LogP contribution in [0.5, 0.6) is 0 Å². The second-order valence-electron chi connectivity index (χ2n) is 6.10. The van der Waals surface area contributed by atoms with E-state index in [4.69, 9.17) is 4.74 Å². The molecule has 0 bridgehead atoms. The van der Waals surface area contributed by atoms with E-state index in [1.54, 1.807) is 36.4 Å². The van der Waals surface area contributed by atoms with E-state index in [2.05, 4.69) is 0 Å². The molecule has 5 heteroatoms. The maximum Gasteiger partial charge on any atom is 0.336 e. The molecule has 1 unspecified atom stereocenters. The molecule has 25 heavy (non-hydrogen) atoms. The van der Waals surface area contributed by atoms with E-state index < -0.39 is 12.1 Å². The fourth-order valence-corrected chi connectivity index (χ4v) is 3.43. The Morgan fingerprint density at radius 3 is 2.76 bits per heavy atom. The van der Waals surface area contributed by atoms with Gasteiger partial charge in [0.25, 0.3) is 0 Å². The number of Topliss-reactive ketones (excluding diaryl/α,β-unsaturated/α-hetero) is 1. The van der Waals surface area contributed by atoms with Crippen LogP contribution in [0.2, 0.25) is 0 Å². The van der Waals surface area contributed by atoms with Gasteiger partial charge in [-0.05, 0) is 29.4 Å². The summed E-state index contributed by atoms with van der Waals surface area (Å²) in [6.07, 6.45) is 6.29. The van der Waals surface area contributed by atoms with E-state index in [0.717, 1.165) is 11.1 Å². The summed E-state index contributed by atoms with van der Waals surface area (Å²) in [6.45, 7) is 0. The minimum Gasteiger partial charge on any atom is -0.484 e. The normalized spacial score (nSPS) is 21.8. The molecular formula is C20H14O5. The van der Waals surface area contributed by atoms with Gasteiger partial charge in [0.1, 0.15) is 17.6 Å². The van der Waals surface area contributed by atoms with Crippen LogP contribution >= 0.6 is 0 Å². The van der Waals surface area contributed by atoms with Crippen LogP contribution in [-0.4, -0.2) is 28.7 Å². The molecule has 1 heterocycles. The molecule has 1 aromatic rings. The van der Waals surface area contributed by atoms with E-state index in [1.165, 1.54) is 12.2 Å². The molecule has 124 valence electrons. The minimum atomic E-state index is -1.03. The Bertz CT molecular complexity index is 943. The van der Waals surface area contributed by atoms with Crippen LogP contribution in [0, 0.1) is 0 Å². The fraction of sp³-hybridized carbons (Fsp3) is 0.150. The summed E-state index contributed by atoms with van der Waals surface area (Å²) < 4.78 is 5.88. The molecule has 1 N–H and O–H groups in total. The van der Waals surface area contributed by atoms with E-state index in [0.29, 0.717) is 23.3 Å². The molecule has 0 saturated carbocycles. The molecule has 0 radical (unpaired) electrons. The highest BCUT2D eigenvalue weighted by molar-refractivity contribution is 6.06. The van der Waals surface area contributed by atoms with Crippen LogP contribution in [0.4, 0.5) is 0 Å². The average Bonchev–Trinajstić information content (AvgIpc) is 2.59. The lowest BCUT2D eigenvalue weighted by atomic mass is 9.79. The van der Waals surface area contributed by atoms with E-state index in [9.17, 15) is 19.5 Å². The number of aromatic carboxylic acids is 1. The first kappa shape index (κ1) is 15.3. The Morgan fingerprint density at radius 2 is 1.96 bits per heavy atom. The summed E-state index contributed by atoms with van der Waals surface area (Å²) in [7, 11) is 0. The largest absolute Gasteiger partial charge is 0.484 e. The van der Waals surface area contributed by atoms with Gasteiger partial charge >= 0.3 is 5.97 Å². The first-order chi connectivity index (χ1) is 12.0. The van der Waals surface area contributed by atoms with Gasteiger partial charge in [-0.15, -0.1) is 0 Å². The molecule has 4 rings (SSSR count). The fourth-order valence-electron chi connectivity index (χ4n) is 3.43. The molecular weight excluding hydrogens is 320 g/mol. The van der Waals surface area contributed by atoms with Gasteiger partial charge in [-0.2, -0.15) is 0 Å². The number of fused-ring (bicyclic) bond motifs is 2. The second kappa shape index (κ2) is 5.70. The maximum atomic E-state index is 11.8. The lowest BCUT2D eigenvalue weighted by Crippen LogP contribution is -2.30. The zero-order valence-corrected chi connectivity index (χ0v) is 13.2. The second-order valence-corrected chi connectivity index (χ2v) is 6.10. The van der Waals surface area contributed by atoms with Crippen molar-refractivity contribution in [2.24, 2.45) is 0 Å². The lowest BCUT2D eigenvalue weighted by Gasteiger charge is -2.35. The molecule has 0 spiro atoms. The zero-order chi connectivity index (χ0) is 17.6. The number of allylic oxidation sites excluding steroid dienone is 4. The third kappa shape index (κ3) is 2.54. The summed E-state index contributed by atoms with van der Waals surface area (Å²) in [4.78, 5) is 35.2. The standard InChI is InChI=1S/C20H14O5/c21-11-5-7-15-17(9-11)25-18-10-12(22)6-8-16(18)19(15)13-3-1-2-4-14(13)20(23)24/h1-5,7-9,18H,6,10H2,(H,23,24). The number of carboxylic acid groups (broad SMARTS) is 1. The first-order valence-corrected chi connectivity index (χ1v) is 7.94. The van der Waals surface area contributed by atoms with Crippen LogP contribution in [0.15, 0.2) is 65.5 Å². The van der Waals surface area contributed by atoms with Gasteiger partial charge in [-0.3, -0.25) is 9.59 Å². The van der Waals surface area contributed by atoms with Crippen molar-refractivity contribution >= 4 is 23.1 Å². The molecule has 0 aromatic heterocycles. The van der Waals surface area contributed by atoms with Crippen molar-refractivity contribution in [1.82, 2.24) is 0 Å². The summed E-state index contributed by atoms with van der Waals surface area (Å²) in [5.74, 6) is -0.777. The average molecular weight is 334 g/mol. The Hall–Kier alpha value is -3.21. The number of hydrogen-bond donors (Lipinski definition) is 1. The molecule has 1 atom stereocenters. The number of hydrogen-bond acceptors (Lipinski definition) is 4. The van der Waals surface area contributed by atoms with Gasteiger partial charge in [-0.1, -0.05) is 24.3 Å². The van der Waals surface area contributed by atoms with Crippen molar-refractivity contribution < 1.29 is 24.2 Å². The van der Waals surface area contributed by atoms with E-state index in [-0.39, 0.29) is 23.6 Å². The van der Waals surface area contributed by atoms with Gasteiger partial charge in [-0.25, -0.2) is 4.79 Å². The van der Waals surface area contributed by atoms with Crippen molar-refractivity contribution in [3.8, 4) is 0 Å². The number of carboxylic acids is 1. The highest BCUT2D eigenvalue weighted by atomic mass is 16.5. The first-order valence-electron chi connectivity index (χ1n) is 7.94. The summed E-state index contributed by atoms with van der Waals surface area (Å²) in [6, 6.07) is 6.73. The minimum absolute atomic E-state index is 0.0568. The van der Waals surface area contributed by atoms with Crippen molar-refractivity contribution in [3.05, 3.63) is 76.6 Å². The van der Waals surface area contributed by atoms with Crippen molar-refractivity contribution in [3.63, 3.8) is 0 Å². The number of ketones is 2. The SMILES string of the molecule is O=C1C=CC2=C(c3ccccc3C(=O)O)C3=CCC(=O)CC3OC2=C1. The van der Waals surface area contributed by atoms with Gasteiger partial charge in [0, 0.05) is 30.1 Å². The van der Waals surface area contributed by atoms with E-state index in [1.807, 2.05) is 0 Å². The van der Waals surface area contributed by atoms with Crippen molar-refractivity contribution in [1.29, 1.82) is 0 Å². The molecule has 5 nitrogen and oxygen atoms in total. The van der Waals surface area contributed by atoms with Crippen molar-refractivity contribution in [2.75, 3.05) is 0 Å². The number of ether oxygens (including phenoxy) is 1. The topological polar surface area (TPSA) is 80.7 Å². The van der Waals surface area contributed by atoms with Gasteiger partial charge in [0.2, 0.25) is 0 Å². The smallest absolute Gasteiger partial charge is 0.336 e. The van der Waals surface area contributed by atoms with Crippen LogP contribution in [0.3, 0.4) is 0 Å². The van der Waals surface area contributed by atoms with Gasteiger partial charge < -0.3 is 9.84 Å². The summed E-state index contributed by atoms with van der Waals surface area (Å²) in [5, 5.41) is 9.56. The number of rotatable bonds is 2. The van der Waals surface area contributed by atoms with Crippen LogP contribution in [-0.2, 0) is 14.3 Å². The van der Waals surface area contributed by atoms with Crippen LogP contribution in [0.25, 0.3) is 5.57 Å². The lowest BCUT2D eigenvalue weighted by molar-refractivity contribution is -0.120. The van der Waals surface area contributed by atoms with Crippen molar-refractivity contribution in [2.45, 2.75) is 18.9 Å². The van der Waals surface area contributed by atoms with E-state index >= 15 is 0 Å². The summed E-state index contributed by atoms with van der Waals surface area (Å²) >= 11 is 0. The highest BCUT2D eigenvalue weighted by Crippen LogP contribution is 2.44. The zero-order valence-electron chi connectivity index (χ0n) is 13.2. The number of carbonyl (C=O) groups excluding carboxylic acids is 2. The molecule has 0 amide bonds. The number of benzene rings is 1. The number of carbonyl (C=O) groups is 3. The third-order valence-corrected chi connectivity index (χ3v) is 4.52. The molecule has 2 aliphatic carbocycles. The maximum absolute atomic E-state index is 11.8. The summed E-state index contributed by atoms with van der Waals surface area (Å²) in [5.41, 5.74) is 2.93. The molecule has 3 aliphatic rings. The highest BCUT2D eigenvalue weighted by Gasteiger charge is 2.36. The molecule has 1 aliphatic heterocycles. The molecule has 1 aromatic carbocycles. The predicted molar refractivity (Wildman–Crippen MR) is 89.7 cm³/mol. The Balaban J connectivity index is 2.01. The molecule has 0 fully saturated rings. The van der Waals surface area contributed by atoms with Gasteiger partial charge in [0.15, 0.2) is 5.78 Å². The Labute approximate surface area is 143 Å². The third-order valence-electron chi connectivity index (χ3n) is 4.52. The van der Waals surface area contributed by atoms with Crippen LogP contribution in [0.1, 0.15) is 28.8 Å². The molecule has 0 saturated heterocycles.